The summed E-state index contributed by atoms with van der Waals surface area (Å²) in [6, 6.07) is 12.5. The molecule has 1 aromatic heterocycles. The lowest BCUT2D eigenvalue weighted by molar-refractivity contribution is -0.128. The topological polar surface area (TPSA) is 78.4 Å². The van der Waals surface area contributed by atoms with Crippen molar-refractivity contribution in [2.24, 2.45) is 4.99 Å². The van der Waals surface area contributed by atoms with Gasteiger partial charge in [-0.1, -0.05) is 54.0 Å². The Balaban J connectivity index is 1.46. The molecule has 9 heteroatoms. The van der Waals surface area contributed by atoms with Gasteiger partial charge in [-0.25, -0.2) is 9.98 Å². The molecule has 166 valence electrons. The molecule has 6 nitrogen and oxygen atoms in total. The SMILES string of the molecule is CCC1CSC(=Nc2ccc(Cl)c(Cl)c2)N1C(=O)CCCc1nc2ccccc2c(=O)[nH]1. The van der Waals surface area contributed by atoms with Crippen LogP contribution in [0.3, 0.4) is 0 Å². The van der Waals surface area contributed by atoms with Crippen LogP contribution in [0.2, 0.25) is 10.0 Å². The van der Waals surface area contributed by atoms with Crippen molar-refractivity contribution in [1.29, 1.82) is 0 Å². The molecule has 0 aliphatic carbocycles. The lowest BCUT2D eigenvalue weighted by Crippen LogP contribution is -2.38. The second kappa shape index (κ2) is 10.1. The Bertz CT molecular complexity index is 1240. The highest BCUT2D eigenvalue weighted by Gasteiger charge is 2.33. The highest BCUT2D eigenvalue weighted by molar-refractivity contribution is 8.14. The number of amides is 1. The number of para-hydroxylation sites is 1. The maximum Gasteiger partial charge on any atom is 0.258 e. The van der Waals surface area contributed by atoms with Crippen LogP contribution in [0.25, 0.3) is 10.9 Å². The fourth-order valence-corrected chi connectivity index (χ4v) is 5.19. The van der Waals surface area contributed by atoms with Crippen molar-refractivity contribution in [2.75, 3.05) is 5.75 Å². The minimum atomic E-state index is -0.157. The quantitative estimate of drug-likeness (QED) is 0.489. The summed E-state index contributed by atoms with van der Waals surface area (Å²) in [7, 11) is 0. The number of aryl methyl sites for hydroxylation is 1. The minimum absolute atomic E-state index is 0.0174. The third kappa shape index (κ3) is 5.00. The van der Waals surface area contributed by atoms with Crippen molar-refractivity contribution < 1.29 is 4.79 Å². The maximum absolute atomic E-state index is 13.1. The number of nitrogens with zero attached hydrogens (tertiary/aromatic N) is 3. The molecule has 1 saturated heterocycles. The van der Waals surface area contributed by atoms with Crippen LogP contribution >= 0.6 is 35.0 Å². The van der Waals surface area contributed by atoms with E-state index in [4.69, 9.17) is 23.2 Å². The Morgan fingerprint density at radius 1 is 1.25 bits per heavy atom. The molecule has 1 aliphatic rings. The van der Waals surface area contributed by atoms with Gasteiger partial charge in [-0.2, -0.15) is 0 Å². The highest BCUT2D eigenvalue weighted by atomic mass is 35.5. The molecule has 1 atom stereocenters. The number of H-pyrrole nitrogens is 1. The Morgan fingerprint density at radius 3 is 2.84 bits per heavy atom. The Labute approximate surface area is 200 Å². The number of rotatable bonds is 6. The van der Waals surface area contributed by atoms with Crippen LogP contribution < -0.4 is 5.56 Å². The number of carbonyl (C=O) groups excluding carboxylic acids is 1. The van der Waals surface area contributed by atoms with E-state index in [0.29, 0.717) is 56.9 Å². The van der Waals surface area contributed by atoms with Crippen molar-refractivity contribution in [3.63, 3.8) is 0 Å². The molecule has 1 unspecified atom stereocenters. The lowest BCUT2D eigenvalue weighted by atomic mass is 10.1. The van der Waals surface area contributed by atoms with Crippen molar-refractivity contribution in [2.45, 2.75) is 38.6 Å². The molecule has 2 aromatic carbocycles. The number of halogens is 2. The maximum atomic E-state index is 13.1. The number of aromatic amines is 1. The number of fused-ring (bicyclic) bond motifs is 1. The molecule has 1 fully saturated rings. The second-order valence-electron chi connectivity index (χ2n) is 7.51. The van der Waals surface area contributed by atoms with Crippen molar-refractivity contribution in [3.05, 3.63) is 68.7 Å². The summed E-state index contributed by atoms with van der Waals surface area (Å²) in [6.07, 6.45) is 2.29. The van der Waals surface area contributed by atoms with Crippen LogP contribution in [0.15, 0.2) is 52.3 Å². The number of aliphatic imine (C=N–C) groups is 1. The highest BCUT2D eigenvalue weighted by Crippen LogP contribution is 2.32. The molecule has 0 saturated carbocycles. The second-order valence-corrected chi connectivity index (χ2v) is 9.31. The molecular weight excluding hydrogens is 467 g/mol. The van der Waals surface area contributed by atoms with Gasteiger partial charge in [0.1, 0.15) is 5.82 Å². The number of amidine groups is 1. The summed E-state index contributed by atoms with van der Waals surface area (Å²) in [5.74, 6) is 1.42. The van der Waals surface area contributed by atoms with Gasteiger partial charge in [-0.15, -0.1) is 0 Å². The Morgan fingerprint density at radius 2 is 2.06 bits per heavy atom. The molecule has 4 rings (SSSR count). The molecule has 1 aliphatic heterocycles. The number of nitrogens with one attached hydrogen (secondary N) is 1. The van der Waals surface area contributed by atoms with Gasteiger partial charge in [-0.05, 0) is 43.2 Å². The van der Waals surface area contributed by atoms with E-state index in [1.165, 1.54) is 0 Å². The smallest absolute Gasteiger partial charge is 0.258 e. The first-order chi connectivity index (χ1) is 15.5. The number of hydrogen-bond donors (Lipinski definition) is 1. The number of benzene rings is 2. The lowest BCUT2D eigenvalue weighted by Gasteiger charge is -2.23. The van der Waals surface area contributed by atoms with Gasteiger partial charge in [0.25, 0.3) is 5.56 Å². The van der Waals surface area contributed by atoms with Crippen LogP contribution in [0, 0.1) is 0 Å². The zero-order valence-electron chi connectivity index (χ0n) is 17.5. The first-order valence-electron chi connectivity index (χ1n) is 10.4. The van der Waals surface area contributed by atoms with Gasteiger partial charge in [0.15, 0.2) is 5.17 Å². The standard InChI is InChI=1S/C23H22Cl2N4O2S/c1-2-15-13-32-23(26-14-10-11-17(24)18(25)12-14)29(15)21(30)9-5-8-20-27-19-7-4-3-6-16(19)22(31)28-20/h3-4,6-7,10-12,15H,2,5,8-9,13H2,1H3,(H,27,28,31). The van der Waals surface area contributed by atoms with Crippen molar-refractivity contribution in [1.82, 2.24) is 14.9 Å². The zero-order valence-corrected chi connectivity index (χ0v) is 19.8. The number of thioether (sulfide) groups is 1. The average molecular weight is 489 g/mol. The number of aromatic nitrogens is 2. The van der Waals surface area contributed by atoms with E-state index >= 15 is 0 Å². The van der Waals surface area contributed by atoms with Crippen LogP contribution in [0.4, 0.5) is 5.69 Å². The first kappa shape index (κ1) is 22.8. The van der Waals surface area contributed by atoms with Gasteiger partial charge < -0.3 is 4.98 Å². The summed E-state index contributed by atoms with van der Waals surface area (Å²) in [6.45, 7) is 2.07. The molecule has 1 N–H and O–H groups in total. The predicted molar refractivity (Wildman–Crippen MR) is 132 cm³/mol. The first-order valence-corrected chi connectivity index (χ1v) is 12.2. The molecule has 0 spiro atoms. The molecule has 0 radical (unpaired) electrons. The summed E-state index contributed by atoms with van der Waals surface area (Å²) in [4.78, 5) is 39.1. The molecule has 2 heterocycles. The van der Waals surface area contributed by atoms with Crippen LogP contribution in [0.1, 0.15) is 32.0 Å². The van der Waals surface area contributed by atoms with Crippen LogP contribution in [0.5, 0.6) is 0 Å². The molecule has 3 aromatic rings. The summed E-state index contributed by atoms with van der Waals surface area (Å²) in [5, 5.41) is 2.14. The molecular formula is C23H22Cl2N4O2S. The molecule has 32 heavy (non-hydrogen) atoms. The van der Waals surface area contributed by atoms with Gasteiger partial charge >= 0.3 is 0 Å². The van der Waals surface area contributed by atoms with E-state index in [9.17, 15) is 9.59 Å². The fraction of sp³-hybridized carbons (Fsp3) is 0.304. The average Bonchev–Trinajstić information content (AvgIpc) is 3.19. The summed E-state index contributed by atoms with van der Waals surface area (Å²) >= 11 is 13.7. The van der Waals surface area contributed by atoms with Gasteiger partial charge in [-0.3, -0.25) is 14.5 Å². The third-order valence-corrected chi connectivity index (χ3v) is 7.15. The minimum Gasteiger partial charge on any atom is -0.310 e. The van der Waals surface area contributed by atoms with Crippen LogP contribution in [-0.4, -0.2) is 37.7 Å². The van der Waals surface area contributed by atoms with E-state index < -0.39 is 0 Å². The van der Waals surface area contributed by atoms with E-state index in [2.05, 4.69) is 21.9 Å². The summed E-state index contributed by atoms with van der Waals surface area (Å²) in [5.41, 5.74) is 1.17. The van der Waals surface area contributed by atoms with Crippen LogP contribution in [-0.2, 0) is 11.2 Å². The fourth-order valence-electron chi connectivity index (χ4n) is 3.61. The Kier molecular flexibility index (Phi) is 7.18. The Hall–Kier alpha value is -2.35. The van der Waals surface area contributed by atoms with E-state index in [1.807, 2.05) is 18.2 Å². The van der Waals surface area contributed by atoms with Gasteiger partial charge in [0.2, 0.25) is 5.91 Å². The number of hydrogen-bond acceptors (Lipinski definition) is 5. The largest absolute Gasteiger partial charge is 0.310 e. The molecule has 0 bridgehead atoms. The summed E-state index contributed by atoms with van der Waals surface area (Å²) < 4.78 is 0. The zero-order chi connectivity index (χ0) is 22.7. The monoisotopic (exact) mass is 488 g/mol. The van der Waals surface area contributed by atoms with Gasteiger partial charge in [0.05, 0.1) is 26.6 Å². The van der Waals surface area contributed by atoms with Crippen molar-refractivity contribution in [3.8, 4) is 0 Å². The van der Waals surface area contributed by atoms with Gasteiger partial charge in [0, 0.05) is 24.6 Å². The van der Waals surface area contributed by atoms with Crippen molar-refractivity contribution >= 4 is 62.6 Å². The number of carbonyl (C=O) groups is 1. The van der Waals surface area contributed by atoms with E-state index in [-0.39, 0.29) is 17.5 Å². The normalized spacial score (nSPS) is 17.4. The molecule has 1 amide bonds. The van der Waals surface area contributed by atoms with E-state index in [0.717, 1.165) is 12.2 Å². The van der Waals surface area contributed by atoms with E-state index in [1.54, 1.807) is 40.9 Å². The predicted octanol–water partition coefficient (Wildman–Crippen LogP) is 5.59. The third-order valence-electron chi connectivity index (χ3n) is 5.31.